The number of fused-ring (bicyclic) bond motifs is 4. The Morgan fingerprint density at radius 2 is 1.58 bits per heavy atom. The van der Waals surface area contributed by atoms with Crippen molar-refractivity contribution in [3.63, 3.8) is 0 Å². The summed E-state index contributed by atoms with van der Waals surface area (Å²) in [6, 6.07) is 26.0. The van der Waals surface area contributed by atoms with Crippen LogP contribution in [0.25, 0.3) is 44.3 Å². The van der Waals surface area contributed by atoms with Crippen molar-refractivity contribution >= 4 is 21.9 Å². The number of benzene rings is 3. The Bertz CT molecular complexity index is 1720. The van der Waals surface area contributed by atoms with Crippen molar-refractivity contribution in [2.45, 2.75) is 51.4 Å². The molecule has 2 saturated carbocycles. The van der Waals surface area contributed by atoms with E-state index in [4.69, 9.17) is 4.42 Å². The summed E-state index contributed by atoms with van der Waals surface area (Å²) < 4.78 is 8.92. The smallest absolute Gasteiger partial charge is 0.216 e. The van der Waals surface area contributed by atoms with Crippen LogP contribution in [0.1, 0.15) is 61.1 Å². The fraction of sp³-hybridized carbons (Fsp3) is 0.314. The number of aromatic nitrogens is 1. The Hall–Kier alpha value is -3.90. The van der Waals surface area contributed by atoms with Crippen LogP contribution in [0.2, 0.25) is 0 Å². The van der Waals surface area contributed by atoms with E-state index in [0.717, 1.165) is 56.2 Å². The molecule has 38 heavy (non-hydrogen) atoms. The molecule has 0 radical (unpaired) electrons. The van der Waals surface area contributed by atoms with Crippen molar-refractivity contribution in [3.05, 3.63) is 89.6 Å². The second kappa shape index (κ2) is 9.14. The molecule has 2 fully saturated rings. The Labute approximate surface area is 224 Å². The van der Waals surface area contributed by atoms with E-state index < -0.39 is 0 Å². The number of aryl methyl sites for hydroxylation is 2. The van der Waals surface area contributed by atoms with Crippen molar-refractivity contribution in [1.82, 2.24) is 0 Å². The van der Waals surface area contributed by atoms with Gasteiger partial charge in [0.25, 0.3) is 0 Å². The monoisotopic (exact) mass is 497 g/mol. The molecule has 2 unspecified atom stereocenters. The minimum atomic E-state index is 0.621. The predicted molar refractivity (Wildman–Crippen MR) is 153 cm³/mol. The first-order chi connectivity index (χ1) is 18.6. The fourth-order valence-corrected chi connectivity index (χ4v) is 7.44. The summed E-state index contributed by atoms with van der Waals surface area (Å²) in [6.45, 7) is 2.14. The van der Waals surface area contributed by atoms with Crippen molar-refractivity contribution < 1.29 is 8.98 Å². The molecule has 3 nitrogen and oxygen atoms in total. The Morgan fingerprint density at radius 3 is 2.32 bits per heavy atom. The van der Waals surface area contributed by atoms with E-state index in [-0.39, 0.29) is 0 Å². The van der Waals surface area contributed by atoms with Gasteiger partial charge in [0.15, 0.2) is 6.20 Å². The summed E-state index contributed by atoms with van der Waals surface area (Å²) in [6.07, 6.45) is 10.3. The lowest BCUT2D eigenvalue weighted by Crippen LogP contribution is -2.30. The molecule has 0 bridgehead atoms. The van der Waals surface area contributed by atoms with Crippen molar-refractivity contribution in [2.75, 3.05) is 0 Å². The van der Waals surface area contributed by atoms with E-state index in [2.05, 4.69) is 85.4 Å². The van der Waals surface area contributed by atoms with Gasteiger partial charge in [0, 0.05) is 28.5 Å². The van der Waals surface area contributed by atoms with Gasteiger partial charge in [0.05, 0.1) is 17.2 Å². The summed E-state index contributed by atoms with van der Waals surface area (Å²) >= 11 is 0. The highest BCUT2D eigenvalue weighted by Crippen LogP contribution is 2.50. The van der Waals surface area contributed by atoms with Crippen LogP contribution in [-0.4, -0.2) is 0 Å². The Balaban J connectivity index is 1.41. The van der Waals surface area contributed by atoms with Gasteiger partial charge in [0.1, 0.15) is 18.2 Å². The molecule has 2 aromatic heterocycles. The standard InChI is InChI=1S/C35H33N2O/c1-22-13-15-29-30-16-14-27(21-36)33(35(30)38-34(29)32(22)31-12-5-6-17-37(31)2)26-11-7-10-25(18-26)28-19-23-8-3-4-9-24(23)20-28/h5-7,10-18,23-24,28H,3-4,8-9,19-20H2,1-2H3/q+1. The lowest BCUT2D eigenvalue weighted by atomic mass is 9.82. The van der Waals surface area contributed by atoms with Gasteiger partial charge in [0.2, 0.25) is 5.69 Å². The maximum atomic E-state index is 10.2. The minimum Gasteiger partial charge on any atom is -0.454 e. The second-order valence-electron chi connectivity index (χ2n) is 11.5. The number of nitrogens with zero attached hydrogens (tertiary/aromatic N) is 2. The van der Waals surface area contributed by atoms with E-state index in [0.29, 0.717) is 11.5 Å². The van der Waals surface area contributed by atoms with Crippen LogP contribution >= 0.6 is 0 Å². The third-order valence-corrected chi connectivity index (χ3v) is 9.34. The molecule has 3 aromatic carbocycles. The first kappa shape index (κ1) is 23.2. The third kappa shape index (κ3) is 3.66. The van der Waals surface area contributed by atoms with E-state index in [1.807, 2.05) is 12.1 Å². The summed E-state index contributed by atoms with van der Waals surface area (Å²) in [5.41, 5.74) is 9.16. The molecule has 0 aliphatic heterocycles. The molecule has 2 heterocycles. The zero-order valence-corrected chi connectivity index (χ0v) is 22.2. The number of pyridine rings is 1. The highest BCUT2D eigenvalue weighted by atomic mass is 16.3. The molecule has 2 atom stereocenters. The lowest BCUT2D eigenvalue weighted by molar-refractivity contribution is -0.660. The van der Waals surface area contributed by atoms with Crippen LogP contribution < -0.4 is 4.57 Å². The molecule has 0 spiro atoms. The molecule has 0 amide bonds. The van der Waals surface area contributed by atoms with Crippen molar-refractivity contribution in [1.29, 1.82) is 5.26 Å². The van der Waals surface area contributed by atoms with Gasteiger partial charge in [-0.3, -0.25) is 0 Å². The van der Waals surface area contributed by atoms with Crippen LogP contribution in [0.3, 0.4) is 0 Å². The van der Waals surface area contributed by atoms with Crippen LogP contribution in [0.5, 0.6) is 0 Å². The van der Waals surface area contributed by atoms with Gasteiger partial charge in [-0.1, -0.05) is 62.1 Å². The van der Waals surface area contributed by atoms with Crippen molar-refractivity contribution in [3.8, 4) is 28.5 Å². The van der Waals surface area contributed by atoms with Crippen LogP contribution in [-0.2, 0) is 7.05 Å². The largest absolute Gasteiger partial charge is 0.454 e. The normalized spacial score (nSPS) is 21.0. The first-order valence-corrected chi connectivity index (χ1v) is 14.1. The highest BCUT2D eigenvalue weighted by molar-refractivity contribution is 6.14. The molecular weight excluding hydrogens is 464 g/mol. The van der Waals surface area contributed by atoms with E-state index in [1.54, 1.807) is 0 Å². The first-order valence-electron chi connectivity index (χ1n) is 14.1. The maximum absolute atomic E-state index is 10.2. The summed E-state index contributed by atoms with van der Waals surface area (Å²) in [7, 11) is 2.07. The Morgan fingerprint density at radius 1 is 0.842 bits per heavy atom. The minimum absolute atomic E-state index is 0.621. The van der Waals surface area contributed by atoms with Crippen LogP contribution in [0, 0.1) is 30.1 Å². The molecule has 3 heteroatoms. The van der Waals surface area contributed by atoms with Gasteiger partial charge in [-0.05, 0) is 72.4 Å². The number of hydrogen-bond donors (Lipinski definition) is 0. The molecule has 0 N–H and O–H groups in total. The van der Waals surface area contributed by atoms with Gasteiger partial charge in [-0.2, -0.15) is 5.26 Å². The molecule has 2 aliphatic rings. The molecule has 5 aromatic rings. The quantitative estimate of drug-likeness (QED) is 0.234. The van der Waals surface area contributed by atoms with Gasteiger partial charge in [-0.15, -0.1) is 0 Å². The predicted octanol–water partition coefficient (Wildman–Crippen LogP) is 8.61. The molecular formula is C35H33N2O+. The second-order valence-corrected chi connectivity index (χ2v) is 11.5. The van der Waals surface area contributed by atoms with Crippen LogP contribution in [0.4, 0.5) is 0 Å². The van der Waals surface area contributed by atoms with E-state index in [1.165, 1.54) is 49.7 Å². The third-order valence-electron chi connectivity index (χ3n) is 9.34. The van der Waals surface area contributed by atoms with Gasteiger partial charge < -0.3 is 4.42 Å². The average molecular weight is 498 g/mol. The SMILES string of the molecule is Cc1ccc2c(oc3c(-c4cccc(C5CC6CCCCC6C5)c4)c(C#N)ccc32)c1-c1cccc[n+]1C. The average Bonchev–Trinajstić information content (AvgIpc) is 3.55. The fourth-order valence-electron chi connectivity index (χ4n) is 7.44. The highest BCUT2D eigenvalue weighted by Gasteiger charge is 2.36. The van der Waals surface area contributed by atoms with Gasteiger partial charge in [-0.25, -0.2) is 4.57 Å². The molecule has 0 saturated heterocycles. The number of nitriles is 1. The number of furan rings is 1. The van der Waals surface area contributed by atoms with Crippen LogP contribution in [0.15, 0.2) is 77.3 Å². The van der Waals surface area contributed by atoms with Gasteiger partial charge >= 0.3 is 0 Å². The van der Waals surface area contributed by atoms with E-state index >= 15 is 0 Å². The van der Waals surface area contributed by atoms with E-state index in [9.17, 15) is 5.26 Å². The topological polar surface area (TPSA) is 40.8 Å². The summed E-state index contributed by atoms with van der Waals surface area (Å²) in [4.78, 5) is 0. The van der Waals surface area contributed by atoms with Crippen molar-refractivity contribution in [2.24, 2.45) is 18.9 Å². The summed E-state index contributed by atoms with van der Waals surface area (Å²) in [5, 5.41) is 12.3. The zero-order valence-electron chi connectivity index (χ0n) is 22.2. The zero-order chi connectivity index (χ0) is 25.8. The number of rotatable bonds is 3. The Kier molecular flexibility index (Phi) is 5.59. The molecule has 188 valence electrons. The number of hydrogen-bond acceptors (Lipinski definition) is 2. The molecule has 7 rings (SSSR count). The summed E-state index contributed by atoms with van der Waals surface area (Å²) in [5.74, 6) is 2.41. The molecule has 2 aliphatic carbocycles. The lowest BCUT2D eigenvalue weighted by Gasteiger charge is -2.24. The maximum Gasteiger partial charge on any atom is 0.216 e.